The van der Waals surface area contributed by atoms with Crippen LogP contribution in [0.5, 0.6) is 0 Å². The molecule has 3 aliphatic heterocycles. The minimum atomic E-state index is 0.225. The summed E-state index contributed by atoms with van der Waals surface area (Å²) in [6.45, 7) is 8.66. The predicted molar refractivity (Wildman–Crippen MR) is 163 cm³/mol. The van der Waals surface area contributed by atoms with Crippen LogP contribution in [0.25, 0.3) is 11.2 Å². The molecule has 3 saturated heterocycles. The number of carbonyl (C=O) groups excluding carboxylic acids is 1. The molecule has 1 N–H and O–H groups in total. The number of likely N-dealkylation sites (tertiary alicyclic amines) is 1. The van der Waals surface area contributed by atoms with Gasteiger partial charge >= 0.3 is 0 Å². The summed E-state index contributed by atoms with van der Waals surface area (Å²) in [6, 6.07) is 14.4. The van der Waals surface area contributed by atoms with E-state index in [4.69, 9.17) is 19.7 Å². The summed E-state index contributed by atoms with van der Waals surface area (Å²) in [7, 11) is 0. The van der Waals surface area contributed by atoms with E-state index in [0.29, 0.717) is 31.3 Å². The highest BCUT2D eigenvalue weighted by Gasteiger charge is 2.24. The van der Waals surface area contributed by atoms with Gasteiger partial charge in [0.15, 0.2) is 17.0 Å². The Morgan fingerprint density at radius 2 is 1.62 bits per heavy atom. The Balaban J connectivity index is 1.15. The molecule has 3 aliphatic rings. The Bertz CT molecular complexity index is 1510. The minimum Gasteiger partial charge on any atom is -0.378 e. The second-order valence-electron chi connectivity index (χ2n) is 10.9. The van der Waals surface area contributed by atoms with Gasteiger partial charge in [-0.25, -0.2) is 9.97 Å². The molecule has 0 aliphatic carbocycles. The predicted octanol–water partition coefficient (Wildman–Crippen LogP) is 2.75. The van der Waals surface area contributed by atoms with Gasteiger partial charge in [-0.3, -0.25) is 4.79 Å². The number of anilines is 5. The highest BCUT2D eigenvalue weighted by molar-refractivity contribution is 5.87. The molecular formula is C30H36N10O2. The average Bonchev–Trinajstić information content (AvgIpc) is 3.66. The number of aromatic nitrogens is 5. The van der Waals surface area contributed by atoms with Gasteiger partial charge in [0.2, 0.25) is 11.9 Å². The first-order valence-corrected chi connectivity index (χ1v) is 14.8. The van der Waals surface area contributed by atoms with Crippen molar-refractivity contribution in [2.75, 3.05) is 85.6 Å². The Morgan fingerprint density at radius 3 is 2.36 bits per heavy atom. The highest BCUT2D eigenvalue weighted by Crippen LogP contribution is 2.28. The summed E-state index contributed by atoms with van der Waals surface area (Å²) in [4.78, 5) is 40.3. The van der Waals surface area contributed by atoms with Gasteiger partial charge in [-0.15, -0.1) is 0 Å². The van der Waals surface area contributed by atoms with Crippen molar-refractivity contribution in [3.63, 3.8) is 0 Å². The summed E-state index contributed by atoms with van der Waals surface area (Å²) in [5.41, 5.74) is 3.61. The fraction of sp³-hybridized carbons (Fsp3) is 0.433. The van der Waals surface area contributed by atoms with Crippen LogP contribution in [0.1, 0.15) is 12.8 Å². The van der Waals surface area contributed by atoms with Crippen molar-refractivity contribution in [2.45, 2.75) is 19.4 Å². The fourth-order valence-corrected chi connectivity index (χ4v) is 5.88. The molecule has 0 saturated carbocycles. The molecule has 4 aromatic rings. The van der Waals surface area contributed by atoms with E-state index in [1.54, 1.807) is 0 Å². The topological polar surface area (TPSA) is 108 Å². The van der Waals surface area contributed by atoms with Crippen LogP contribution in [0.4, 0.5) is 29.0 Å². The highest BCUT2D eigenvalue weighted by atomic mass is 16.5. The monoisotopic (exact) mass is 568 g/mol. The second-order valence-corrected chi connectivity index (χ2v) is 10.9. The maximum atomic E-state index is 12.2. The molecule has 0 unspecified atom stereocenters. The number of carbonyl (C=O) groups is 1. The number of rotatable bonds is 8. The van der Waals surface area contributed by atoms with Crippen LogP contribution < -0.4 is 20.0 Å². The van der Waals surface area contributed by atoms with Crippen LogP contribution in [-0.2, 0) is 16.1 Å². The number of imidazole rings is 1. The molecule has 1 aromatic carbocycles. The summed E-state index contributed by atoms with van der Waals surface area (Å²) in [5.74, 6) is 2.57. The molecule has 0 spiro atoms. The molecule has 1 amide bonds. The van der Waals surface area contributed by atoms with Crippen LogP contribution in [0.15, 0.2) is 55.0 Å². The smallest absolute Gasteiger partial charge is 0.229 e. The Hall–Kier alpha value is -4.45. The van der Waals surface area contributed by atoms with Crippen molar-refractivity contribution < 1.29 is 9.53 Å². The molecule has 0 radical (unpaired) electrons. The van der Waals surface area contributed by atoms with Gasteiger partial charge in [-0.05, 0) is 42.8 Å². The van der Waals surface area contributed by atoms with Gasteiger partial charge in [0, 0.05) is 82.9 Å². The fourth-order valence-electron chi connectivity index (χ4n) is 5.88. The van der Waals surface area contributed by atoms with E-state index in [-0.39, 0.29) is 5.91 Å². The van der Waals surface area contributed by atoms with Gasteiger partial charge in [-0.1, -0.05) is 6.07 Å². The van der Waals surface area contributed by atoms with Gasteiger partial charge in [0.05, 0.1) is 19.5 Å². The third-order valence-corrected chi connectivity index (χ3v) is 8.28. The summed E-state index contributed by atoms with van der Waals surface area (Å²) in [6.07, 6.45) is 5.22. The van der Waals surface area contributed by atoms with Gasteiger partial charge in [0.1, 0.15) is 5.82 Å². The quantitative estimate of drug-likeness (QED) is 0.341. The lowest BCUT2D eigenvalue weighted by atomic mass is 10.2. The zero-order valence-electron chi connectivity index (χ0n) is 23.7. The van der Waals surface area contributed by atoms with E-state index >= 15 is 0 Å². The van der Waals surface area contributed by atoms with Crippen LogP contribution in [-0.4, -0.2) is 101 Å². The van der Waals surface area contributed by atoms with E-state index in [9.17, 15) is 4.79 Å². The number of morpholine rings is 1. The van der Waals surface area contributed by atoms with E-state index in [1.807, 2.05) is 40.2 Å². The zero-order valence-corrected chi connectivity index (χ0v) is 23.7. The summed E-state index contributed by atoms with van der Waals surface area (Å²) < 4.78 is 7.55. The van der Waals surface area contributed by atoms with Crippen LogP contribution in [0, 0.1) is 0 Å². The largest absolute Gasteiger partial charge is 0.378 e. The second kappa shape index (κ2) is 11.8. The molecule has 218 valence electrons. The van der Waals surface area contributed by atoms with Crippen molar-refractivity contribution in [3.8, 4) is 0 Å². The van der Waals surface area contributed by atoms with Gasteiger partial charge < -0.3 is 34.2 Å². The number of nitrogens with one attached hydrogen (secondary N) is 1. The number of amides is 1. The lowest BCUT2D eigenvalue weighted by molar-refractivity contribution is -0.127. The third kappa shape index (κ3) is 5.54. The van der Waals surface area contributed by atoms with E-state index in [2.05, 4.69) is 49.3 Å². The molecule has 3 fully saturated rings. The summed E-state index contributed by atoms with van der Waals surface area (Å²) in [5, 5.41) is 3.53. The molecule has 3 aromatic heterocycles. The molecule has 42 heavy (non-hydrogen) atoms. The number of piperazine rings is 1. The number of hydrogen-bond donors (Lipinski definition) is 1. The number of ether oxygens (including phenoxy) is 1. The lowest BCUT2D eigenvalue weighted by Gasteiger charge is -2.35. The number of benzene rings is 1. The standard InChI is InChI=1S/C30H36N10O2/c41-26-5-3-11-38(26)14-17-40-22-32-27-28(33-23-6-8-24(9-7-23)36-18-20-42-21-19-36)34-30(35-29(27)40)39-15-12-37(13-16-39)25-4-1-2-10-31-25/h1-2,4,6-10,22H,3,5,11-21H2,(H,33,34,35). The van der Waals surface area contributed by atoms with E-state index < -0.39 is 0 Å². The first kappa shape index (κ1) is 26.4. The molecule has 12 heteroatoms. The molecule has 0 bridgehead atoms. The molecular weight excluding hydrogens is 532 g/mol. The van der Waals surface area contributed by atoms with E-state index in [0.717, 1.165) is 88.1 Å². The normalized spacial score (nSPS) is 17.9. The number of pyridine rings is 1. The van der Waals surface area contributed by atoms with E-state index in [1.165, 1.54) is 5.69 Å². The van der Waals surface area contributed by atoms with Crippen LogP contribution >= 0.6 is 0 Å². The van der Waals surface area contributed by atoms with Crippen molar-refractivity contribution in [1.29, 1.82) is 0 Å². The molecule has 0 atom stereocenters. The van der Waals surface area contributed by atoms with Crippen molar-refractivity contribution in [1.82, 2.24) is 29.4 Å². The molecule has 7 rings (SSSR count). The van der Waals surface area contributed by atoms with Crippen LogP contribution in [0.3, 0.4) is 0 Å². The molecule has 12 nitrogen and oxygen atoms in total. The SMILES string of the molecule is O=C1CCCN1CCn1cnc2c(Nc3ccc(N4CCOCC4)cc3)nc(N3CCN(c4ccccn4)CC3)nc21. The lowest BCUT2D eigenvalue weighted by Crippen LogP contribution is -2.47. The maximum Gasteiger partial charge on any atom is 0.229 e. The number of fused-ring (bicyclic) bond motifs is 1. The maximum absolute atomic E-state index is 12.2. The van der Waals surface area contributed by atoms with Gasteiger partial charge in [0.25, 0.3) is 0 Å². The van der Waals surface area contributed by atoms with Gasteiger partial charge in [-0.2, -0.15) is 9.97 Å². The minimum absolute atomic E-state index is 0.225. The first-order chi connectivity index (χ1) is 20.7. The first-order valence-electron chi connectivity index (χ1n) is 14.8. The van der Waals surface area contributed by atoms with Crippen molar-refractivity contribution in [3.05, 3.63) is 55.0 Å². The average molecular weight is 569 g/mol. The Labute approximate surface area is 244 Å². The Morgan fingerprint density at radius 1 is 0.810 bits per heavy atom. The Kier molecular flexibility index (Phi) is 7.43. The van der Waals surface area contributed by atoms with Crippen molar-refractivity contribution in [2.24, 2.45) is 0 Å². The van der Waals surface area contributed by atoms with Crippen molar-refractivity contribution >= 4 is 46.0 Å². The number of nitrogens with zero attached hydrogens (tertiary/aromatic N) is 9. The van der Waals surface area contributed by atoms with Crippen LogP contribution in [0.2, 0.25) is 0 Å². The number of hydrogen-bond acceptors (Lipinski definition) is 10. The zero-order chi connectivity index (χ0) is 28.3. The molecule has 6 heterocycles. The third-order valence-electron chi connectivity index (χ3n) is 8.28. The summed E-state index contributed by atoms with van der Waals surface area (Å²) >= 11 is 0.